The minimum absolute atomic E-state index is 0.0178. The zero-order valence-corrected chi connectivity index (χ0v) is 16.2. The summed E-state index contributed by atoms with van der Waals surface area (Å²) >= 11 is 0. The van der Waals surface area contributed by atoms with Crippen molar-refractivity contribution in [1.82, 2.24) is 9.78 Å². The number of aryl methyl sites for hydroxylation is 3. The molecule has 0 unspecified atom stereocenters. The second-order valence-electron chi connectivity index (χ2n) is 6.54. The van der Waals surface area contributed by atoms with Gasteiger partial charge in [0.15, 0.2) is 0 Å². The van der Waals surface area contributed by atoms with Crippen LogP contribution in [-0.4, -0.2) is 27.3 Å². The van der Waals surface area contributed by atoms with E-state index in [0.29, 0.717) is 22.5 Å². The number of carbonyl (C=O) groups excluding carboxylic acids is 1. The molecule has 0 bridgehead atoms. The molecule has 0 atom stereocenters. The van der Waals surface area contributed by atoms with E-state index in [1.165, 1.54) is 12.1 Å². The van der Waals surface area contributed by atoms with E-state index in [9.17, 15) is 14.9 Å². The maximum Gasteiger partial charge on any atom is 0.342 e. The number of rotatable bonds is 5. The predicted molar refractivity (Wildman–Crippen MR) is 106 cm³/mol. The van der Waals surface area contributed by atoms with Crippen LogP contribution in [0.1, 0.15) is 34.1 Å². The third kappa shape index (κ3) is 3.51. The van der Waals surface area contributed by atoms with Crippen LogP contribution in [0.5, 0.6) is 0 Å². The molecule has 0 saturated heterocycles. The van der Waals surface area contributed by atoms with Crippen molar-refractivity contribution >= 4 is 11.7 Å². The van der Waals surface area contributed by atoms with Crippen molar-refractivity contribution in [2.45, 2.75) is 27.7 Å². The number of esters is 1. The molecule has 0 spiro atoms. The first-order valence-electron chi connectivity index (χ1n) is 8.92. The van der Waals surface area contributed by atoms with E-state index in [1.807, 2.05) is 32.0 Å². The number of carbonyl (C=O) groups is 1. The van der Waals surface area contributed by atoms with Crippen LogP contribution in [0, 0.1) is 30.9 Å². The summed E-state index contributed by atoms with van der Waals surface area (Å²) in [5, 5.41) is 15.6. The van der Waals surface area contributed by atoms with Crippen molar-refractivity contribution < 1.29 is 14.5 Å². The number of benzene rings is 2. The number of nitrogens with zero attached hydrogens (tertiary/aromatic N) is 3. The molecule has 7 heteroatoms. The SMILES string of the molecule is CCOC(=O)c1c(C)nn(-c2ccc(C)cc2C)c1-c1ccc([N+](=O)[O-])cc1. The molecule has 1 aromatic heterocycles. The van der Waals surface area contributed by atoms with Crippen LogP contribution in [0.3, 0.4) is 0 Å². The highest BCUT2D eigenvalue weighted by molar-refractivity contribution is 5.98. The molecule has 0 N–H and O–H groups in total. The summed E-state index contributed by atoms with van der Waals surface area (Å²) in [6.07, 6.45) is 0. The van der Waals surface area contributed by atoms with Gasteiger partial charge in [0, 0.05) is 17.7 Å². The lowest BCUT2D eigenvalue weighted by molar-refractivity contribution is -0.384. The lowest BCUT2D eigenvalue weighted by Gasteiger charge is -2.12. The van der Waals surface area contributed by atoms with Gasteiger partial charge in [-0.3, -0.25) is 10.1 Å². The minimum Gasteiger partial charge on any atom is -0.462 e. The van der Waals surface area contributed by atoms with Crippen molar-refractivity contribution in [3.63, 3.8) is 0 Å². The van der Waals surface area contributed by atoms with Gasteiger partial charge in [0.25, 0.3) is 5.69 Å². The summed E-state index contributed by atoms with van der Waals surface area (Å²) < 4.78 is 6.94. The van der Waals surface area contributed by atoms with Gasteiger partial charge in [-0.05, 0) is 51.5 Å². The lowest BCUT2D eigenvalue weighted by Crippen LogP contribution is -2.08. The topological polar surface area (TPSA) is 87.3 Å². The summed E-state index contributed by atoms with van der Waals surface area (Å²) in [6.45, 7) is 7.72. The first-order valence-corrected chi connectivity index (χ1v) is 8.92. The van der Waals surface area contributed by atoms with E-state index in [0.717, 1.165) is 16.8 Å². The molecule has 3 rings (SSSR count). The molecule has 3 aromatic rings. The molecular formula is C21H21N3O4. The van der Waals surface area contributed by atoms with Crippen molar-refractivity contribution in [3.05, 3.63) is 75.0 Å². The first-order chi connectivity index (χ1) is 13.3. The minimum atomic E-state index is -0.468. The fourth-order valence-electron chi connectivity index (χ4n) is 3.20. The molecule has 0 fully saturated rings. The van der Waals surface area contributed by atoms with Gasteiger partial charge in [0.2, 0.25) is 0 Å². The summed E-state index contributed by atoms with van der Waals surface area (Å²) in [7, 11) is 0. The average molecular weight is 379 g/mol. The second-order valence-corrected chi connectivity index (χ2v) is 6.54. The fraction of sp³-hybridized carbons (Fsp3) is 0.238. The molecule has 0 aliphatic rings. The Morgan fingerprint density at radius 1 is 1.14 bits per heavy atom. The van der Waals surface area contributed by atoms with Crippen LogP contribution in [0.25, 0.3) is 16.9 Å². The van der Waals surface area contributed by atoms with Crippen LogP contribution in [-0.2, 0) is 4.74 Å². The van der Waals surface area contributed by atoms with E-state index in [2.05, 4.69) is 5.10 Å². The van der Waals surface area contributed by atoms with Crippen molar-refractivity contribution in [3.8, 4) is 16.9 Å². The Morgan fingerprint density at radius 2 is 1.82 bits per heavy atom. The van der Waals surface area contributed by atoms with E-state index in [1.54, 1.807) is 30.7 Å². The number of aromatic nitrogens is 2. The van der Waals surface area contributed by atoms with Gasteiger partial charge in [-0.25, -0.2) is 9.48 Å². The van der Waals surface area contributed by atoms with Crippen LogP contribution in [0.2, 0.25) is 0 Å². The van der Waals surface area contributed by atoms with Gasteiger partial charge < -0.3 is 4.74 Å². The maximum atomic E-state index is 12.6. The first kappa shape index (κ1) is 19.3. The molecule has 0 aliphatic heterocycles. The zero-order chi connectivity index (χ0) is 20.4. The summed E-state index contributed by atoms with van der Waals surface area (Å²) in [6, 6.07) is 12.0. The molecule has 0 saturated carbocycles. The molecule has 28 heavy (non-hydrogen) atoms. The Kier molecular flexibility index (Phi) is 5.26. The molecule has 0 radical (unpaired) electrons. The molecule has 7 nitrogen and oxygen atoms in total. The number of ether oxygens (including phenoxy) is 1. The van der Waals surface area contributed by atoms with Crippen LogP contribution < -0.4 is 0 Å². The predicted octanol–water partition coefficient (Wildman–Crippen LogP) is 4.55. The van der Waals surface area contributed by atoms with E-state index < -0.39 is 10.9 Å². The Balaban J connectivity index is 2.27. The second kappa shape index (κ2) is 7.64. The van der Waals surface area contributed by atoms with Gasteiger partial charge in [0.1, 0.15) is 5.56 Å². The summed E-state index contributed by atoms with van der Waals surface area (Å²) in [5.41, 5.74) is 5.02. The molecule has 0 amide bonds. The zero-order valence-electron chi connectivity index (χ0n) is 16.2. The average Bonchev–Trinajstić information content (AvgIpc) is 2.99. The number of nitro groups is 1. The van der Waals surface area contributed by atoms with Gasteiger partial charge in [0.05, 0.1) is 28.6 Å². The highest BCUT2D eigenvalue weighted by Gasteiger charge is 2.25. The number of hydrogen-bond acceptors (Lipinski definition) is 5. The van der Waals surface area contributed by atoms with Gasteiger partial charge >= 0.3 is 5.97 Å². The molecule has 0 aliphatic carbocycles. The Morgan fingerprint density at radius 3 is 2.39 bits per heavy atom. The highest BCUT2D eigenvalue weighted by Crippen LogP contribution is 2.32. The molecular weight excluding hydrogens is 358 g/mol. The Bertz CT molecular complexity index is 1050. The smallest absolute Gasteiger partial charge is 0.342 e. The van der Waals surface area contributed by atoms with Crippen LogP contribution in [0.15, 0.2) is 42.5 Å². The lowest BCUT2D eigenvalue weighted by atomic mass is 10.0. The van der Waals surface area contributed by atoms with Crippen LogP contribution in [0.4, 0.5) is 5.69 Å². The molecule has 2 aromatic carbocycles. The molecule has 144 valence electrons. The van der Waals surface area contributed by atoms with E-state index >= 15 is 0 Å². The third-order valence-electron chi connectivity index (χ3n) is 4.47. The van der Waals surface area contributed by atoms with Crippen LogP contribution >= 0.6 is 0 Å². The standard InChI is InChI=1S/C21H21N3O4/c1-5-28-21(25)19-15(4)22-23(18-11-6-13(2)12-14(18)3)20(19)16-7-9-17(10-8-16)24(26)27/h6-12H,5H2,1-4H3. The van der Waals surface area contributed by atoms with Gasteiger partial charge in [-0.1, -0.05) is 17.7 Å². The fourth-order valence-corrected chi connectivity index (χ4v) is 3.20. The van der Waals surface area contributed by atoms with Crippen molar-refractivity contribution in [1.29, 1.82) is 0 Å². The van der Waals surface area contributed by atoms with Gasteiger partial charge in [-0.15, -0.1) is 0 Å². The van der Waals surface area contributed by atoms with Crippen molar-refractivity contribution in [2.75, 3.05) is 6.61 Å². The highest BCUT2D eigenvalue weighted by atomic mass is 16.6. The monoisotopic (exact) mass is 379 g/mol. The van der Waals surface area contributed by atoms with E-state index in [4.69, 9.17) is 4.74 Å². The number of nitro benzene ring substituents is 1. The maximum absolute atomic E-state index is 12.6. The van der Waals surface area contributed by atoms with Crippen molar-refractivity contribution in [2.24, 2.45) is 0 Å². The quantitative estimate of drug-likeness (QED) is 0.369. The largest absolute Gasteiger partial charge is 0.462 e. The van der Waals surface area contributed by atoms with E-state index in [-0.39, 0.29) is 12.3 Å². The summed E-state index contributed by atoms with van der Waals surface area (Å²) in [5.74, 6) is -0.468. The third-order valence-corrected chi connectivity index (χ3v) is 4.47. The Hall–Kier alpha value is -3.48. The van der Waals surface area contributed by atoms with Gasteiger partial charge in [-0.2, -0.15) is 5.10 Å². The Labute approximate surface area is 162 Å². The normalized spacial score (nSPS) is 10.7. The number of non-ortho nitro benzene ring substituents is 1. The molecule has 1 heterocycles. The number of hydrogen-bond donors (Lipinski definition) is 0. The summed E-state index contributed by atoms with van der Waals surface area (Å²) in [4.78, 5) is 23.2.